The van der Waals surface area contributed by atoms with Gasteiger partial charge < -0.3 is 9.31 Å². The summed E-state index contributed by atoms with van der Waals surface area (Å²) < 4.78 is 15.8. The van der Waals surface area contributed by atoms with Crippen LogP contribution in [-0.2, 0) is 9.31 Å². The molecule has 0 spiro atoms. The van der Waals surface area contributed by atoms with E-state index in [0.29, 0.717) is 0 Å². The standard InChI is InChI=1S/C14H14N2OS.C12H21BO2.C8H5BrN2OS/c17-13-7-4-10-15-16(13)14-9-8-12(18-14)11-5-2-1-3-6-11;1-11(2)12(3,4)15-13(14-11)10-8-6-5-7-9-10;9-6-3-4-8(13-6)11-7(12)2-1-5-10-11/h4-5,7-10H,1-3,6H2;8H,5-7,9H2,1-4H3;1-5H. The summed E-state index contributed by atoms with van der Waals surface area (Å²) in [6, 6.07) is 14.1. The fourth-order valence-corrected chi connectivity index (χ4v) is 7.58. The van der Waals surface area contributed by atoms with Crippen LogP contribution in [0.4, 0.5) is 0 Å². The second-order valence-electron chi connectivity index (χ2n) is 12.4. The summed E-state index contributed by atoms with van der Waals surface area (Å²) >= 11 is 6.44. The summed E-state index contributed by atoms with van der Waals surface area (Å²) in [4.78, 5) is 24.3. The lowest BCUT2D eigenvalue weighted by molar-refractivity contribution is 0.00578. The second-order valence-corrected chi connectivity index (χ2v) is 15.9. The molecule has 0 amide bonds. The minimum atomic E-state index is -0.198. The molecule has 242 valence electrons. The Morgan fingerprint density at radius 3 is 1.80 bits per heavy atom. The van der Waals surface area contributed by atoms with Crippen molar-refractivity contribution in [3.8, 4) is 10.0 Å². The third kappa shape index (κ3) is 8.52. The molecule has 8 nitrogen and oxygen atoms in total. The first-order valence-corrected chi connectivity index (χ1v) is 18.2. The third-order valence-corrected chi connectivity index (χ3v) is 11.2. The number of hydrogen-bond acceptors (Lipinski definition) is 8. The maximum atomic E-state index is 11.7. The normalized spacial score (nSPS) is 18.4. The molecule has 0 bridgehead atoms. The van der Waals surface area contributed by atoms with Gasteiger partial charge in [-0.1, -0.05) is 12.2 Å². The van der Waals surface area contributed by atoms with Gasteiger partial charge in [-0.25, -0.2) is 0 Å². The van der Waals surface area contributed by atoms with Crippen molar-refractivity contribution in [2.75, 3.05) is 0 Å². The van der Waals surface area contributed by atoms with Gasteiger partial charge in [-0.3, -0.25) is 9.59 Å². The van der Waals surface area contributed by atoms with E-state index in [1.807, 2.05) is 18.2 Å². The maximum absolute atomic E-state index is 11.7. The van der Waals surface area contributed by atoms with Gasteiger partial charge in [-0.2, -0.15) is 19.6 Å². The van der Waals surface area contributed by atoms with Crippen molar-refractivity contribution in [1.29, 1.82) is 0 Å². The molecule has 4 aromatic heterocycles. The molecule has 4 aromatic rings. The summed E-state index contributed by atoms with van der Waals surface area (Å²) in [5, 5.41) is 9.77. The highest BCUT2D eigenvalue weighted by Crippen LogP contribution is 2.40. The van der Waals surface area contributed by atoms with Crippen LogP contribution in [0.2, 0.25) is 0 Å². The molecule has 0 atom stereocenters. The Balaban J connectivity index is 0.000000138. The van der Waals surface area contributed by atoms with Crippen LogP contribution in [-0.4, -0.2) is 37.9 Å². The molecule has 3 aliphatic rings. The van der Waals surface area contributed by atoms with Gasteiger partial charge in [-0.05, 0) is 142 Å². The average Bonchev–Trinajstić information content (AvgIpc) is 3.77. The minimum Gasteiger partial charge on any atom is -0.400 e. The van der Waals surface area contributed by atoms with Crippen molar-refractivity contribution in [1.82, 2.24) is 19.6 Å². The van der Waals surface area contributed by atoms with Gasteiger partial charge >= 0.3 is 7.12 Å². The average molecular weight is 724 g/mol. The highest BCUT2D eigenvalue weighted by atomic mass is 79.9. The van der Waals surface area contributed by atoms with E-state index in [1.165, 1.54) is 87.3 Å². The van der Waals surface area contributed by atoms with E-state index >= 15 is 0 Å². The molecule has 0 unspecified atom stereocenters. The second kappa shape index (κ2) is 15.3. The number of thiophene rings is 2. The van der Waals surface area contributed by atoms with Gasteiger partial charge in [0.25, 0.3) is 11.1 Å². The Kier molecular flexibility index (Phi) is 11.5. The lowest BCUT2D eigenvalue weighted by Gasteiger charge is -2.32. The zero-order valence-electron chi connectivity index (χ0n) is 26.8. The summed E-state index contributed by atoms with van der Waals surface area (Å²) in [6.45, 7) is 8.43. The van der Waals surface area contributed by atoms with Gasteiger partial charge in [0, 0.05) is 29.4 Å². The molecular formula is C34H40BBrN4O4S2. The molecule has 0 saturated carbocycles. The largest absolute Gasteiger partial charge is 0.490 e. The first-order chi connectivity index (χ1) is 22.0. The topological polar surface area (TPSA) is 88.2 Å². The summed E-state index contributed by atoms with van der Waals surface area (Å²) in [5.41, 5.74) is 2.17. The highest BCUT2D eigenvalue weighted by molar-refractivity contribution is 9.11. The molecule has 1 fully saturated rings. The number of hydrogen-bond donors (Lipinski definition) is 0. The summed E-state index contributed by atoms with van der Waals surface area (Å²) in [7, 11) is -0.102. The predicted molar refractivity (Wildman–Crippen MR) is 192 cm³/mol. The van der Waals surface area contributed by atoms with Crippen molar-refractivity contribution in [2.24, 2.45) is 0 Å². The van der Waals surface area contributed by atoms with E-state index in [0.717, 1.165) is 26.6 Å². The fraction of sp³-hybridized carbons (Fsp3) is 0.412. The van der Waals surface area contributed by atoms with Crippen LogP contribution >= 0.6 is 38.6 Å². The van der Waals surface area contributed by atoms with Gasteiger partial charge in [0.1, 0.15) is 10.0 Å². The van der Waals surface area contributed by atoms with Crippen LogP contribution in [0.3, 0.4) is 0 Å². The van der Waals surface area contributed by atoms with E-state index < -0.39 is 0 Å². The SMILES string of the molecule is CC1(C)OB(C2=CCCCC2)OC1(C)C.O=c1cccnn1-c1ccc(Br)s1.O=c1cccnn1-c1ccc(C2=CCCCC2)s1. The summed E-state index contributed by atoms with van der Waals surface area (Å²) in [5.74, 6) is 0. The molecule has 0 N–H and O–H groups in total. The Morgan fingerprint density at radius 2 is 1.30 bits per heavy atom. The number of rotatable bonds is 4. The smallest absolute Gasteiger partial charge is 0.400 e. The van der Waals surface area contributed by atoms with Crippen molar-refractivity contribution < 1.29 is 9.31 Å². The molecule has 12 heteroatoms. The van der Waals surface area contributed by atoms with Crippen LogP contribution in [0.15, 0.2) is 91.9 Å². The number of halogens is 1. The molecule has 7 rings (SSSR count). The van der Waals surface area contributed by atoms with Gasteiger partial charge in [0.05, 0.1) is 15.0 Å². The van der Waals surface area contributed by atoms with E-state index in [-0.39, 0.29) is 29.4 Å². The lowest BCUT2D eigenvalue weighted by atomic mass is 9.73. The van der Waals surface area contributed by atoms with Crippen molar-refractivity contribution in [3.05, 3.63) is 108 Å². The lowest BCUT2D eigenvalue weighted by Crippen LogP contribution is -2.41. The number of nitrogens with zero attached hydrogens (tertiary/aromatic N) is 4. The van der Waals surface area contributed by atoms with E-state index in [4.69, 9.17) is 9.31 Å². The highest BCUT2D eigenvalue weighted by Gasteiger charge is 2.52. The summed E-state index contributed by atoms with van der Waals surface area (Å²) in [6.07, 6.45) is 17.6. The number of aromatic nitrogens is 4. The van der Waals surface area contributed by atoms with E-state index in [1.54, 1.807) is 35.9 Å². The Bertz CT molecular complexity index is 1790. The monoisotopic (exact) mass is 722 g/mol. The molecule has 46 heavy (non-hydrogen) atoms. The molecule has 5 heterocycles. The molecule has 0 aromatic carbocycles. The first kappa shape index (κ1) is 34.4. The predicted octanol–water partition coefficient (Wildman–Crippen LogP) is 8.43. The Labute approximate surface area is 287 Å². The van der Waals surface area contributed by atoms with Crippen LogP contribution in [0.25, 0.3) is 15.6 Å². The van der Waals surface area contributed by atoms with E-state index in [2.05, 4.69) is 72.0 Å². The fourth-order valence-electron chi connectivity index (χ4n) is 5.21. The molecule has 1 saturated heterocycles. The minimum absolute atomic E-state index is 0.0801. The van der Waals surface area contributed by atoms with Crippen molar-refractivity contribution in [2.45, 2.75) is 90.3 Å². The quantitative estimate of drug-likeness (QED) is 0.197. The Hall–Kier alpha value is -2.90. The molecular weight excluding hydrogens is 683 g/mol. The molecule has 0 radical (unpaired) electrons. The van der Waals surface area contributed by atoms with Gasteiger partial charge in [0.15, 0.2) is 0 Å². The molecule has 2 aliphatic carbocycles. The molecule has 1 aliphatic heterocycles. The first-order valence-electron chi connectivity index (χ1n) is 15.7. The number of allylic oxidation sites excluding steroid dienone is 4. The maximum Gasteiger partial charge on any atom is 0.490 e. The van der Waals surface area contributed by atoms with E-state index in [9.17, 15) is 9.59 Å². The van der Waals surface area contributed by atoms with Gasteiger partial charge in [-0.15, -0.1) is 22.7 Å². The third-order valence-electron chi connectivity index (χ3n) is 8.49. The van der Waals surface area contributed by atoms with Crippen LogP contribution < -0.4 is 11.1 Å². The van der Waals surface area contributed by atoms with Crippen molar-refractivity contribution in [3.63, 3.8) is 0 Å². The zero-order valence-corrected chi connectivity index (χ0v) is 30.0. The Morgan fingerprint density at radius 1 is 0.739 bits per heavy atom. The van der Waals surface area contributed by atoms with Crippen LogP contribution in [0.5, 0.6) is 0 Å². The van der Waals surface area contributed by atoms with Crippen molar-refractivity contribution >= 4 is 51.3 Å². The zero-order chi connectivity index (χ0) is 32.7. The van der Waals surface area contributed by atoms with Crippen LogP contribution in [0.1, 0.15) is 83.9 Å². The van der Waals surface area contributed by atoms with Gasteiger partial charge in [0.2, 0.25) is 0 Å². The van der Waals surface area contributed by atoms with Crippen LogP contribution in [0, 0.1) is 0 Å².